The average molecular weight is 850 g/mol. The van der Waals surface area contributed by atoms with E-state index in [9.17, 15) is 29.1 Å². The van der Waals surface area contributed by atoms with Crippen molar-refractivity contribution < 1.29 is 43.3 Å². The Bertz CT molecular complexity index is 2070. The molecule has 12 nitrogen and oxygen atoms in total. The van der Waals surface area contributed by atoms with Gasteiger partial charge in [-0.3, -0.25) is 19.2 Å². The number of nitrogens with one attached hydrogen (secondary N) is 3. The van der Waals surface area contributed by atoms with Crippen LogP contribution in [0.15, 0.2) is 85.0 Å². The number of alkyl carbamates (subject to hydrolysis) is 1. The maximum absolute atomic E-state index is 14.2. The van der Waals surface area contributed by atoms with Crippen LogP contribution in [0.1, 0.15) is 96.6 Å². The number of rotatable bonds is 16. The zero-order valence-corrected chi connectivity index (χ0v) is 36.7. The normalized spacial score (nSPS) is 29.6. The molecule has 2 aromatic rings. The summed E-state index contributed by atoms with van der Waals surface area (Å²) >= 11 is 0. The van der Waals surface area contributed by atoms with Crippen LogP contribution in [0.3, 0.4) is 0 Å². The lowest BCUT2D eigenvalue weighted by Crippen LogP contribution is -2.57. The first kappa shape index (κ1) is 45.0. The smallest absolute Gasteiger partial charge is 0.407 e. The summed E-state index contributed by atoms with van der Waals surface area (Å²) in [6.45, 7) is 13.5. The third-order valence-electron chi connectivity index (χ3n) is 15.0. The van der Waals surface area contributed by atoms with Crippen LogP contribution in [0.4, 0.5) is 4.79 Å². The molecule has 0 aliphatic heterocycles. The van der Waals surface area contributed by atoms with E-state index < -0.39 is 59.5 Å². The zero-order valence-electron chi connectivity index (χ0n) is 36.7. The highest BCUT2D eigenvalue weighted by molar-refractivity contribution is 6.01. The fourth-order valence-electron chi connectivity index (χ4n) is 12.1. The number of benzene rings is 2. The largest absolute Gasteiger partial charge is 0.461 e. The molecule has 3 saturated carbocycles. The second-order valence-electron chi connectivity index (χ2n) is 18.6. The predicted molar refractivity (Wildman–Crippen MR) is 234 cm³/mol. The number of esters is 1. The molecule has 7 rings (SSSR count). The minimum Gasteiger partial charge on any atom is -0.461 e. The van der Waals surface area contributed by atoms with Gasteiger partial charge in [-0.05, 0) is 103 Å². The molecule has 2 aromatic carbocycles. The molecule has 0 saturated heterocycles. The van der Waals surface area contributed by atoms with Crippen molar-refractivity contribution in [3.05, 3.63) is 96.1 Å². The number of ether oxygens (including phenoxy) is 3. The van der Waals surface area contributed by atoms with Crippen LogP contribution in [0.5, 0.6) is 0 Å². The van der Waals surface area contributed by atoms with Gasteiger partial charge in [-0.25, -0.2) is 4.79 Å². The SMILES string of the molecule is C=CCOC(=O)CC[C@H](NC(=O)CNC(=O)OC(C1c2ccccc2-c2ccccc21)C1C(C)CC2C3CCC4=CC(=O)C=CC4(C)C3C(O)CC21C)C(=O)NCO[C@H](C)CC. The lowest BCUT2D eigenvalue weighted by atomic mass is 9.46. The first-order valence-corrected chi connectivity index (χ1v) is 22.4. The van der Waals surface area contributed by atoms with E-state index in [1.807, 2.05) is 44.2 Å². The molecule has 3 fully saturated rings. The van der Waals surface area contributed by atoms with Gasteiger partial charge >= 0.3 is 12.1 Å². The van der Waals surface area contributed by atoms with Crippen molar-refractivity contribution in [3.63, 3.8) is 0 Å². The van der Waals surface area contributed by atoms with Gasteiger partial charge in [-0.1, -0.05) is 101 Å². The van der Waals surface area contributed by atoms with E-state index in [0.717, 1.165) is 53.5 Å². The Hall–Kier alpha value is -5.07. The second-order valence-corrected chi connectivity index (χ2v) is 18.6. The fourth-order valence-corrected chi connectivity index (χ4v) is 12.1. The molecule has 4 N–H and O–H groups in total. The molecule has 0 heterocycles. The summed E-state index contributed by atoms with van der Waals surface area (Å²) < 4.78 is 17.4. The lowest BCUT2D eigenvalue weighted by Gasteiger charge is -2.59. The lowest BCUT2D eigenvalue weighted by molar-refractivity contribution is -0.143. The number of ketones is 1. The molecule has 62 heavy (non-hydrogen) atoms. The van der Waals surface area contributed by atoms with Crippen LogP contribution in [-0.4, -0.2) is 79.0 Å². The van der Waals surface area contributed by atoms with Gasteiger partial charge in [-0.2, -0.15) is 0 Å². The van der Waals surface area contributed by atoms with Gasteiger partial charge in [0, 0.05) is 29.6 Å². The number of amides is 3. The van der Waals surface area contributed by atoms with Crippen LogP contribution in [0.25, 0.3) is 11.1 Å². The molecule has 0 aromatic heterocycles. The molecular formula is C50H63N3O9. The molecule has 0 bridgehead atoms. The van der Waals surface area contributed by atoms with Gasteiger partial charge in [-0.15, -0.1) is 0 Å². The number of aliphatic hydroxyl groups is 1. The standard InChI is InChI=1S/C50H63N3O9/c1-7-23-60-42(57)20-19-39(47(58)52-28-61-30(4)8-2)53-41(56)27-51-48(59)62-46(43-35-15-11-9-13-33(35)34-14-10-12-16-36(34)43)44-29(3)24-38-37-18-17-31-25-32(54)21-22-49(31,5)45(37)40(55)26-50(38,44)6/h7,9-16,21-22,25,29-30,37-40,43-46,55H,1,8,17-20,23-24,26-28H2,2-6H3,(H,51,59)(H,52,58)(H,53,56)/t29?,30-,37?,38?,39+,40?,44?,45?,46?,49?,50?/m1/s1. The quantitative estimate of drug-likeness (QED) is 0.0796. The topological polar surface area (TPSA) is 169 Å². The highest BCUT2D eigenvalue weighted by atomic mass is 16.6. The van der Waals surface area contributed by atoms with E-state index >= 15 is 0 Å². The van der Waals surface area contributed by atoms with Crippen LogP contribution < -0.4 is 16.0 Å². The zero-order chi connectivity index (χ0) is 44.3. The minimum atomic E-state index is -1.10. The van der Waals surface area contributed by atoms with Crippen molar-refractivity contribution >= 4 is 29.7 Å². The molecule has 332 valence electrons. The molecule has 3 amide bonds. The Kier molecular flexibility index (Phi) is 13.6. The number of allylic oxidation sites excluding steroid dienone is 4. The van der Waals surface area contributed by atoms with E-state index in [4.69, 9.17) is 14.2 Å². The molecule has 9 unspecified atom stereocenters. The molecule has 12 heteroatoms. The number of hydrogen-bond acceptors (Lipinski definition) is 9. The highest BCUT2D eigenvalue weighted by Gasteiger charge is 2.65. The van der Waals surface area contributed by atoms with Crippen molar-refractivity contribution in [2.24, 2.45) is 40.4 Å². The Balaban J connectivity index is 1.13. The monoisotopic (exact) mass is 849 g/mol. The Morgan fingerprint density at radius 1 is 1.03 bits per heavy atom. The van der Waals surface area contributed by atoms with Crippen LogP contribution in [0, 0.1) is 40.4 Å². The van der Waals surface area contributed by atoms with Crippen molar-refractivity contribution in [1.82, 2.24) is 16.0 Å². The summed E-state index contributed by atoms with van der Waals surface area (Å²) in [4.78, 5) is 65.6. The van der Waals surface area contributed by atoms with Gasteiger partial charge in [0.2, 0.25) is 11.8 Å². The van der Waals surface area contributed by atoms with E-state index in [1.54, 1.807) is 12.2 Å². The number of carbonyl (C=O) groups is 5. The second kappa shape index (κ2) is 18.7. The minimum absolute atomic E-state index is 0.00269. The van der Waals surface area contributed by atoms with E-state index in [0.29, 0.717) is 6.42 Å². The summed E-state index contributed by atoms with van der Waals surface area (Å²) in [5.74, 6) is -1.68. The summed E-state index contributed by atoms with van der Waals surface area (Å²) in [5, 5.41) is 20.3. The summed E-state index contributed by atoms with van der Waals surface area (Å²) in [7, 11) is 0. The molecule has 0 spiro atoms. The first-order valence-electron chi connectivity index (χ1n) is 22.4. The van der Waals surface area contributed by atoms with Crippen LogP contribution in [0.2, 0.25) is 0 Å². The van der Waals surface area contributed by atoms with Gasteiger partial charge in [0.15, 0.2) is 5.78 Å². The van der Waals surface area contributed by atoms with Gasteiger partial charge in [0.05, 0.1) is 12.2 Å². The third-order valence-corrected chi connectivity index (χ3v) is 15.0. The Labute approximate surface area is 365 Å². The summed E-state index contributed by atoms with van der Waals surface area (Å²) in [5.41, 5.74) is 4.58. The number of aliphatic hydroxyl groups excluding tert-OH is 1. The summed E-state index contributed by atoms with van der Waals surface area (Å²) in [6, 6.07) is 15.4. The number of carbonyl (C=O) groups excluding carboxylic acids is 5. The molecule has 5 aliphatic carbocycles. The fraction of sp³-hybridized carbons (Fsp3) is 0.540. The highest BCUT2D eigenvalue weighted by Crippen LogP contribution is 2.69. The molecular weight excluding hydrogens is 787 g/mol. The van der Waals surface area contributed by atoms with Crippen LogP contribution in [-0.2, 0) is 33.4 Å². The van der Waals surface area contributed by atoms with Crippen molar-refractivity contribution in [3.8, 4) is 11.1 Å². The Morgan fingerprint density at radius 2 is 1.73 bits per heavy atom. The van der Waals surface area contributed by atoms with Crippen LogP contribution >= 0.6 is 0 Å². The summed E-state index contributed by atoms with van der Waals surface area (Å²) in [6.07, 6.45) is 8.40. The number of fused-ring (bicyclic) bond motifs is 8. The van der Waals surface area contributed by atoms with Crippen molar-refractivity contribution in [2.75, 3.05) is 19.9 Å². The average Bonchev–Trinajstić information content (AvgIpc) is 3.72. The molecule has 11 atom stereocenters. The maximum atomic E-state index is 14.2. The van der Waals surface area contributed by atoms with Gasteiger partial charge in [0.25, 0.3) is 0 Å². The first-order chi connectivity index (χ1) is 29.7. The van der Waals surface area contributed by atoms with Crippen molar-refractivity contribution in [1.29, 1.82) is 0 Å². The number of hydrogen-bond donors (Lipinski definition) is 4. The van der Waals surface area contributed by atoms with Gasteiger partial charge < -0.3 is 35.3 Å². The Morgan fingerprint density at radius 3 is 2.40 bits per heavy atom. The predicted octanol–water partition coefficient (Wildman–Crippen LogP) is 6.92. The van der Waals surface area contributed by atoms with Crippen molar-refractivity contribution in [2.45, 2.75) is 110 Å². The maximum Gasteiger partial charge on any atom is 0.407 e. The third kappa shape index (κ3) is 8.78. The van der Waals surface area contributed by atoms with Gasteiger partial charge in [0.1, 0.15) is 32.0 Å². The van der Waals surface area contributed by atoms with E-state index in [1.165, 1.54) is 6.08 Å². The van der Waals surface area contributed by atoms with E-state index in [-0.39, 0.29) is 73.6 Å². The molecule has 5 aliphatic rings. The molecule has 0 radical (unpaired) electrons. The van der Waals surface area contributed by atoms with E-state index in [2.05, 4.69) is 67.6 Å².